The summed E-state index contributed by atoms with van der Waals surface area (Å²) in [6.45, 7) is 7.69. The number of ether oxygens (including phenoxy) is 1. The largest absolute Gasteiger partial charge is 0.492 e. The standard InChI is InChI=1S/C16H25N3O2.ClH/c1-12-11-14(18-16(20)13(2)17)5-6-15(12)21-10-9-19-7-3-4-8-19;/h5-6,11,13H,3-4,7-10,17H2,1-2H3,(H,18,20);1H. The molecule has 0 aromatic heterocycles. The number of hydrogen-bond acceptors (Lipinski definition) is 4. The predicted octanol–water partition coefficient (Wildman–Crippen LogP) is 2.18. The minimum absolute atomic E-state index is 0. The topological polar surface area (TPSA) is 67.6 Å². The van der Waals surface area contributed by atoms with Gasteiger partial charge in [0.05, 0.1) is 6.04 Å². The molecule has 1 aliphatic rings. The van der Waals surface area contributed by atoms with E-state index in [2.05, 4.69) is 10.2 Å². The first-order valence-corrected chi connectivity index (χ1v) is 7.58. The van der Waals surface area contributed by atoms with Crippen molar-refractivity contribution in [2.45, 2.75) is 32.7 Å². The Labute approximate surface area is 138 Å². The SMILES string of the molecule is Cc1cc(NC(=O)C(C)N)ccc1OCCN1CCCC1.Cl. The molecule has 3 N–H and O–H groups in total. The molecule has 1 atom stereocenters. The highest BCUT2D eigenvalue weighted by Gasteiger charge is 2.12. The van der Waals surface area contributed by atoms with Crippen molar-refractivity contribution in [3.63, 3.8) is 0 Å². The minimum Gasteiger partial charge on any atom is -0.492 e. The lowest BCUT2D eigenvalue weighted by atomic mass is 10.2. The van der Waals surface area contributed by atoms with Gasteiger partial charge in [-0.3, -0.25) is 9.69 Å². The van der Waals surface area contributed by atoms with E-state index in [1.807, 2.05) is 25.1 Å². The Bertz CT molecular complexity index is 488. The highest BCUT2D eigenvalue weighted by atomic mass is 35.5. The van der Waals surface area contributed by atoms with Crippen LogP contribution in [0.4, 0.5) is 5.69 Å². The number of benzene rings is 1. The lowest BCUT2D eigenvalue weighted by molar-refractivity contribution is -0.117. The highest BCUT2D eigenvalue weighted by molar-refractivity contribution is 5.94. The fourth-order valence-electron chi connectivity index (χ4n) is 2.44. The average molecular weight is 328 g/mol. The number of hydrogen-bond donors (Lipinski definition) is 2. The lowest BCUT2D eigenvalue weighted by Gasteiger charge is -2.16. The first kappa shape index (κ1) is 18.7. The molecule has 1 aromatic rings. The van der Waals surface area contributed by atoms with E-state index in [0.717, 1.165) is 23.5 Å². The van der Waals surface area contributed by atoms with Crippen molar-refractivity contribution in [3.8, 4) is 5.75 Å². The summed E-state index contributed by atoms with van der Waals surface area (Å²) in [5.41, 5.74) is 7.30. The molecule has 2 rings (SSSR count). The first-order valence-electron chi connectivity index (χ1n) is 7.58. The molecule has 1 fully saturated rings. The third-order valence-corrected chi connectivity index (χ3v) is 3.72. The van der Waals surface area contributed by atoms with Gasteiger partial charge in [0, 0.05) is 12.2 Å². The van der Waals surface area contributed by atoms with Gasteiger partial charge < -0.3 is 15.8 Å². The smallest absolute Gasteiger partial charge is 0.240 e. The van der Waals surface area contributed by atoms with Crippen LogP contribution in [0.2, 0.25) is 0 Å². The van der Waals surface area contributed by atoms with Crippen LogP contribution in [-0.2, 0) is 4.79 Å². The molecular weight excluding hydrogens is 302 g/mol. The Morgan fingerprint density at radius 2 is 2.09 bits per heavy atom. The summed E-state index contributed by atoms with van der Waals surface area (Å²) < 4.78 is 5.83. The Morgan fingerprint density at radius 1 is 1.41 bits per heavy atom. The van der Waals surface area contributed by atoms with Crippen LogP contribution in [-0.4, -0.2) is 43.1 Å². The van der Waals surface area contributed by atoms with Crippen LogP contribution in [0, 0.1) is 6.92 Å². The van der Waals surface area contributed by atoms with Gasteiger partial charge in [-0.05, 0) is 63.5 Å². The summed E-state index contributed by atoms with van der Waals surface area (Å²) in [5, 5.41) is 2.78. The Hall–Kier alpha value is -1.30. The van der Waals surface area contributed by atoms with Crippen molar-refractivity contribution in [2.24, 2.45) is 5.73 Å². The second kappa shape index (κ2) is 8.98. The normalized spacial score (nSPS) is 16.0. The van der Waals surface area contributed by atoms with E-state index in [1.165, 1.54) is 25.9 Å². The Kier molecular flexibility index (Phi) is 7.65. The summed E-state index contributed by atoms with van der Waals surface area (Å²) in [7, 11) is 0. The van der Waals surface area contributed by atoms with E-state index in [0.29, 0.717) is 6.61 Å². The van der Waals surface area contributed by atoms with Crippen LogP contribution in [0.25, 0.3) is 0 Å². The summed E-state index contributed by atoms with van der Waals surface area (Å²) in [6, 6.07) is 5.14. The number of rotatable bonds is 6. The van der Waals surface area contributed by atoms with Crippen molar-refractivity contribution in [1.82, 2.24) is 4.90 Å². The van der Waals surface area contributed by atoms with Gasteiger partial charge in [0.1, 0.15) is 12.4 Å². The van der Waals surface area contributed by atoms with Gasteiger partial charge in [-0.15, -0.1) is 12.4 Å². The Morgan fingerprint density at radius 3 is 2.68 bits per heavy atom. The van der Waals surface area contributed by atoms with Crippen molar-refractivity contribution in [1.29, 1.82) is 0 Å². The first-order chi connectivity index (χ1) is 10.1. The van der Waals surface area contributed by atoms with Crippen molar-refractivity contribution >= 4 is 24.0 Å². The number of amides is 1. The number of aryl methyl sites for hydroxylation is 1. The van der Waals surface area contributed by atoms with Gasteiger partial charge in [0.15, 0.2) is 0 Å². The van der Waals surface area contributed by atoms with Crippen LogP contribution in [0.3, 0.4) is 0 Å². The van der Waals surface area contributed by atoms with Crippen LogP contribution in [0.15, 0.2) is 18.2 Å². The summed E-state index contributed by atoms with van der Waals surface area (Å²) in [6.07, 6.45) is 2.60. The van der Waals surface area contributed by atoms with Gasteiger partial charge in [-0.25, -0.2) is 0 Å². The van der Waals surface area contributed by atoms with Crippen molar-refractivity contribution < 1.29 is 9.53 Å². The fraction of sp³-hybridized carbons (Fsp3) is 0.562. The van der Waals surface area contributed by atoms with E-state index in [4.69, 9.17) is 10.5 Å². The van der Waals surface area contributed by atoms with Gasteiger partial charge in [0.2, 0.25) is 5.91 Å². The number of nitrogens with one attached hydrogen (secondary N) is 1. The summed E-state index contributed by atoms with van der Waals surface area (Å²) in [5.74, 6) is 0.685. The van der Waals surface area contributed by atoms with E-state index in [-0.39, 0.29) is 18.3 Å². The second-order valence-corrected chi connectivity index (χ2v) is 5.66. The number of nitrogens with zero attached hydrogens (tertiary/aromatic N) is 1. The maximum atomic E-state index is 11.6. The van der Waals surface area contributed by atoms with E-state index in [9.17, 15) is 4.79 Å². The molecule has 6 heteroatoms. The molecule has 0 radical (unpaired) electrons. The van der Waals surface area contributed by atoms with Crippen LogP contribution in [0.5, 0.6) is 5.75 Å². The monoisotopic (exact) mass is 327 g/mol. The number of halogens is 1. The summed E-state index contributed by atoms with van der Waals surface area (Å²) in [4.78, 5) is 14.0. The predicted molar refractivity (Wildman–Crippen MR) is 91.9 cm³/mol. The molecule has 1 amide bonds. The lowest BCUT2D eigenvalue weighted by Crippen LogP contribution is -2.32. The molecule has 1 aromatic carbocycles. The van der Waals surface area contributed by atoms with Crippen molar-refractivity contribution in [3.05, 3.63) is 23.8 Å². The van der Waals surface area contributed by atoms with E-state index < -0.39 is 6.04 Å². The van der Waals surface area contributed by atoms with Gasteiger partial charge in [-0.2, -0.15) is 0 Å². The molecular formula is C16H26ClN3O2. The Balaban J connectivity index is 0.00000242. The third kappa shape index (κ3) is 5.48. The molecule has 124 valence electrons. The zero-order chi connectivity index (χ0) is 15.2. The molecule has 0 saturated carbocycles. The van der Waals surface area contributed by atoms with Crippen LogP contribution < -0.4 is 15.8 Å². The molecule has 5 nitrogen and oxygen atoms in total. The molecule has 1 unspecified atom stereocenters. The zero-order valence-corrected chi connectivity index (χ0v) is 14.1. The quantitative estimate of drug-likeness (QED) is 0.840. The number of carbonyl (C=O) groups excluding carboxylic acids is 1. The van der Waals surface area contributed by atoms with E-state index in [1.54, 1.807) is 6.92 Å². The van der Waals surface area contributed by atoms with E-state index >= 15 is 0 Å². The van der Waals surface area contributed by atoms with Crippen molar-refractivity contribution in [2.75, 3.05) is 31.6 Å². The molecule has 22 heavy (non-hydrogen) atoms. The molecule has 1 saturated heterocycles. The maximum Gasteiger partial charge on any atom is 0.240 e. The number of carbonyl (C=O) groups is 1. The molecule has 1 heterocycles. The number of anilines is 1. The van der Waals surface area contributed by atoms with Crippen LogP contribution >= 0.6 is 12.4 Å². The summed E-state index contributed by atoms with van der Waals surface area (Å²) >= 11 is 0. The number of likely N-dealkylation sites (tertiary alicyclic amines) is 1. The second-order valence-electron chi connectivity index (χ2n) is 5.66. The molecule has 0 bridgehead atoms. The molecule has 0 aliphatic carbocycles. The van der Waals surface area contributed by atoms with Gasteiger partial charge in [-0.1, -0.05) is 0 Å². The minimum atomic E-state index is -0.512. The van der Waals surface area contributed by atoms with Gasteiger partial charge in [0.25, 0.3) is 0 Å². The maximum absolute atomic E-state index is 11.6. The van der Waals surface area contributed by atoms with Crippen LogP contribution in [0.1, 0.15) is 25.3 Å². The molecule has 0 spiro atoms. The average Bonchev–Trinajstić information content (AvgIpc) is 2.94. The van der Waals surface area contributed by atoms with Gasteiger partial charge >= 0.3 is 0 Å². The highest BCUT2D eigenvalue weighted by Crippen LogP contribution is 2.22. The fourth-order valence-corrected chi connectivity index (χ4v) is 2.44. The molecule has 1 aliphatic heterocycles. The third-order valence-electron chi connectivity index (χ3n) is 3.72. The number of nitrogens with two attached hydrogens (primary N) is 1. The zero-order valence-electron chi connectivity index (χ0n) is 13.3.